The van der Waals surface area contributed by atoms with Gasteiger partial charge < -0.3 is 5.32 Å². The number of nitrogens with one attached hydrogen (secondary N) is 1. The van der Waals surface area contributed by atoms with E-state index in [1.54, 1.807) is 0 Å². The molecule has 2 aromatic rings. The average molecular weight is 261 g/mol. The van der Waals surface area contributed by atoms with Crippen LogP contribution in [0, 0.1) is 13.8 Å². The molecule has 0 atom stereocenters. The third-order valence-electron chi connectivity index (χ3n) is 2.93. The van der Waals surface area contributed by atoms with Gasteiger partial charge in [0.2, 0.25) is 5.13 Å². The van der Waals surface area contributed by atoms with Crippen LogP contribution in [0.2, 0.25) is 0 Å². The molecule has 0 radical (unpaired) electrons. The van der Waals surface area contributed by atoms with Crippen LogP contribution in [0.4, 0.5) is 5.13 Å². The molecule has 1 aromatic carbocycles. The van der Waals surface area contributed by atoms with E-state index in [9.17, 15) is 0 Å². The molecule has 2 rings (SSSR count). The molecule has 1 heterocycles. The standard InChI is InChI=1S/C14H19N3S/c1-4-7-15-14-16-13(17-18-14)9-12-6-5-10(2)11(3)8-12/h5-6,8H,4,7,9H2,1-3H3,(H,15,16,17). The van der Waals surface area contributed by atoms with E-state index in [0.29, 0.717) is 0 Å². The summed E-state index contributed by atoms with van der Waals surface area (Å²) in [7, 11) is 0. The molecule has 0 amide bonds. The molecule has 3 nitrogen and oxygen atoms in total. The molecule has 0 saturated carbocycles. The summed E-state index contributed by atoms with van der Waals surface area (Å²) < 4.78 is 4.38. The van der Waals surface area contributed by atoms with Crippen molar-refractivity contribution in [1.29, 1.82) is 0 Å². The monoisotopic (exact) mass is 261 g/mol. The maximum atomic E-state index is 4.49. The number of hydrogen-bond acceptors (Lipinski definition) is 4. The van der Waals surface area contributed by atoms with Gasteiger partial charge in [-0.1, -0.05) is 25.1 Å². The van der Waals surface area contributed by atoms with Crippen LogP contribution in [0.3, 0.4) is 0 Å². The van der Waals surface area contributed by atoms with Gasteiger partial charge in [0.1, 0.15) is 5.82 Å². The molecule has 0 unspecified atom stereocenters. The zero-order valence-electron chi connectivity index (χ0n) is 11.2. The van der Waals surface area contributed by atoms with Crippen LogP contribution in [0.1, 0.15) is 35.9 Å². The van der Waals surface area contributed by atoms with E-state index in [-0.39, 0.29) is 0 Å². The van der Waals surface area contributed by atoms with Crippen molar-refractivity contribution in [3.8, 4) is 0 Å². The van der Waals surface area contributed by atoms with Crippen molar-refractivity contribution < 1.29 is 0 Å². The summed E-state index contributed by atoms with van der Waals surface area (Å²) in [6.07, 6.45) is 1.91. The van der Waals surface area contributed by atoms with Gasteiger partial charge in [-0.2, -0.15) is 4.37 Å². The second-order valence-corrected chi connectivity index (χ2v) is 5.29. The second kappa shape index (κ2) is 5.96. The summed E-state index contributed by atoms with van der Waals surface area (Å²) in [6.45, 7) is 7.37. The molecular formula is C14H19N3S. The molecule has 0 aliphatic rings. The van der Waals surface area contributed by atoms with Gasteiger partial charge in [-0.25, -0.2) is 4.98 Å². The van der Waals surface area contributed by atoms with Crippen LogP contribution in [0.15, 0.2) is 18.2 Å². The lowest BCUT2D eigenvalue weighted by Gasteiger charge is -2.02. The highest BCUT2D eigenvalue weighted by Gasteiger charge is 2.05. The summed E-state index contributed by atoms with van der Waals surface area (Å²) in [6, 6.07) is 6.53. The van der Waals surface area contributed by atoms with Crippen molar-refractivity contribution >= 4 is 16.7 Å². The zero-order chi connectivity index (χ0) is 13.0. The minimum Gasteiger partial charge on any atom is -0.360 e. The third-order valence-corrected chi connectivity index (χ3v) is 3.64. The summed E-state index contributed by atoms with van der Waals surface area (Å²) in [5.41, 5.74) is 3.93. The van der Waals surface area contributed by atoms with Crippen molar-refractivity contribution in [1.82, 2.24) is 9.36 Å². The van der Waals surface area contributed by atoms with E-state index in [1.165, 1.54) is 28.2 Å². The van der Waals surface area contributed by atoms with Gasteiger partial charge in [0.25, 0.3) is 0 Å². The van der Waals surface area contributed by atoms with Crippen LogP contribution in [0.5, 0.6) is 0 Å². The molecule has 18 heavy (non-hydrogen) atoms. The molecule has 0 bridgehead atoms. The van der Waals surface area contributed by atoms with Crippen molar-refractivity contribution in [2.75, 3.05) is 11.9 Å². The minimum absolute atomic E-state index is 0.811. The maximum Gasteiger partial charge on any atom is 0.202 e. The Morgan fingerprint density at radius 3 is 2.78 bits per heavy atom. The number of hydrogen-bond donors (Lipinski definition) is 1. The fourth-order valence-corrected chi connectivity index (χ4v) is 2.34. The maximum absolute atomic E-state index is 4.49. The molecule has 1 aromatic heterocycles. The van der Waals surface area contributed by atoms with Gasteiger partial charge in [0.15, 0.2) is 0 Å². The van der Waals surface area contributed by atoms with Gasteiger partial charge in [0, 0.05) is 24.5 Å². The number of rotatable bonds is 5. The number of aryl methyl sites for hydroxylation is 2. The Morgan fingerprint density at radius 2 is 2.06 bits per heavy atom. The van der Waals surface area contributed by atoms with Crippen LogP contribution in [0.25, 0.3) is 0 Å². The van der Waals surface area contributed by atoms with Crippen LogP contribution in [-0.4, -0.2) is 15.9 Å². The Balaban J connectivity index is 2.04. The van der Waals surface area contributed by atoms with E-state index in [0.717, 1.165) is 30.3 Å². The Bertz CT molecular complexity index is 520. The van der Waals surface area contributed by atoms with E-state index in [1.807, 2.05) is 0 Å². The molecule has 0 aliphatic carbocycles. The Morgan fingerprint density at radius 1 is 1.22 bits per heavy atom. The van der Waals surface area contributed by atoms with Crippen LogP contribution < -0.4 is 5.32 Å². The summed E-state index contributed by atoms with van der Waals surface area (Å²) in [5.74, 6) is 0.904. The highest BCUT2D eigenvalue weighted by molar-refractivity contribution is 7.09. The van der Waals surface area contributed by atoms with Crippen molar-refractivity contribution in [2.24, 2.45) is 0 Å². The van der Waals surface area contributed by atoms with Gasteiger partial charge in [-0.05, 0) is 37.0 Å². The highest BCUT2D eigenvalue weighted by Crippen LogP contribution is 2.16. The highest BCUT2D eigenvalue weighted by atomic mass is 32.1. The fraction of sp³-hybridized carbons (Fsp3) is 0.429. The van der Waals surface area contributed by atoms with Crippen LogP contribution >= 0.6 is 11.5 Å². The smallest absolute Gasteiger partial charge is 0.202 e. The average Bonchev–Trinajstić information content (AvgIpc) is 2.79. The number of nitrogens with zero attached hydrogens (tertiary/aromatic N) is 2. The SMILES string of the molecule is CCCNc1nc(Cc2ccc(C)c(C)c2)ns1. The molecular weight excluding hydrogens is 242 g/mol. The minimum atomic E-state index is 0.811. The number of aromatic nitrogens is 2. The molecule has 4 heteroatoms. The molecule has 0 spiro atoms. The lowest BCUT2D eigenvalue weighted by Crippen LogP contribution is -1.99. The first-order valence-electron chi connectivity index (χ1n) is 6.31. The topological polar surface area (TPSA) is 37.8 Å². The first-order chi connectivity index (χ1) is 8.69. The molecule has 0 aliphatic heterocycles. The third kappa shape index (κ3) is 3.29. The first-order valence-corrected chi connectivity index (χ1v) is 7.09. The van der Waals surface area contributed by atoms with E-state index in [2.05, 4.69) is 53.6 Å². The summed E-state index contributed by atoms with van der Waals surface area (Å²) >= 11 is 1.44. The van der Waals surface area contributed by atoms with Gasteiger partial charge in [0.05, 0.1) is 0 Å². The van der Waals surface area contributed by atoms with E-state index in [4.69, 9.17) is 0 Å². The lowest BCUT2D eigenvalue weighted by molar-refractivity contribution is 0.966. The molecule has 1 N–H and O–H groups in total. The number of anilines is 1. The van der Waals surface area contributed by atoms with Crippen molar-refractivity contribution in [3.63, 3.8) is 0 Å². The van der Waals surface area contributed by atoms with Crippen molar-refractivity contribution in [2.45, 2.75) is 33.6 Å². The Kier molecular flexibility index (Phi) is 4.31. The lowest BCUT2D eigenvalue weighted by atomic mass is 10.0. The molecule has 96 valence electrons. The quantitative estimate of drug-likeness (QED) is 0.894. The fourth-order valence-electron chi connectivity index (χ4n) is 1.73. The van der Waals surface area contributed by atoms with Gasteiger partial charge in [-0.15, -0.1) is 0 Å². The summed E-state index contributed by atoms with van der Waals surface area (Å²) in [5, 5.41) is 4.19. The van der Waals surface area contributed by atoms with Crippen LogP contribution in [-0.2, 0) is 6.42 Å². The van der Waals surface area contributed by atoms with Crippen molar-refractivity contribution in [3.05, 3.63) is 40.7 Å². The largest absolute Gasteiger partial charge is 0.360 e. The van der Waals surface area contributed by atoms with Gasteiger partial charge in [-0.3, -0.25) is 0 Å². The predicted octanol–water partition coefficient (Wildman–Crippen LogP) is 3.57. The van der Waals surface area contributed by atoms with E-state index >= 15 is 0 Å². The number of benzene rings is 1. The second-order valence-electron chi connectivity index (χ2n) is 4.54. The van der Waals surface area contributed by atoms with Gasteiger partial charge >= 0.3 is 0 Å². The molecule has 0 saturated heterocycles. The predicted molar refractivity (Wildman–Crippen MR) is 77.4 cm³/mol. The van der Waals surface area contributed by atoms with E-state index < -0.39 is 0 Å². The normalized spacial score (nSPS) is 10.6. The Labute approximate surface area is 112 Å². The molecule has 0 fully saturated rings. The summed E-state index contributed by atoms with van der Waals surface area (Å²) in [4.78, 5) is 4.49. The first kappa shape index (κ1) is 13.0. The zero-order valence-corrected chi connectivity index (χ0v) is 12.0. The Hall–Kier alpha value is -1.42.